The van der Waals surface area contributed by atoms with E-state index in [1.165, 1.54) is 0 Å². The summed E-state index contributed by atoms with van der Waals surface area (Å²) in [5, 5.41) is 2.93. The van der Waals surface area contributed by atoms with Crippen molar-refractivity contribution in [1.29, 1.82) is 0 Å². The first-order valence-corrected chi connectivity index (χ1v) is 10.0. The minimum absolute atomic E-state index is 0.0556. The summed E-state index contributed by atoms with van der Waals surface area (Å²) < 4.78 is 6.58. The second-order valence-corrected chi connectivity index (χ2v) is 7.99. The standard InChI is InChI=1S/C22H22ClN3O2/c1-15(27)25-12-10-22(11-13-25)26-20(17-7-3-5-9-21(17)28-22)14-19(24-26)16-6-2-4-8-18(16)23/h2-9,14,20,24H,10-13H2,1H3/t20-/m0/s1. The average Bonchev–Trinajstić information content (AvgIpc) is 3.15. The molecule has 1 spiro atoms. The Hall–Kier alpha value is -2.50. The third-order valence-electron chi connectivity index (χ3n) is 5.97. The Morgan fingerprint density at radius 2 is 1.86 bits per heavy atom. The molecular weight excluding hydrogens is 374 g/mol. The molecule has 0 unspecified atom stereocenters. The number of benzene rings is 2. The third kappa shape index (κ3) is 2.69. The second kappa shape index (κ2) is 6.54. The van der Waals surface area contributed by atoms with Gasteiger partial charge in [0, 0.05) is 49.0 Å². The Morgan fingerprint density at radius 1 is 1.14 bits per heavy atom. The van der Waals surface area contributed by atoms with Crippen LogP contribution in [0, 0.1) is 0 Å². The van der Waals surface area contributed by atoms with Crippen molar-refractivity contribution in [3.8, 4) is 5.75 Å². The van der Waals surface area contributed by atoms with E-state index in [2.05, 4.69) is 22.6 Å². The zero-order valence-corrected chi connectivity index (χ0v) is 16.4. The number of halogens is 1. The molecule has 144 valence electrons. The van der Waals surface area contributed by atoms with Crippen LogP contribution in [0.25, 0.3) is 5.70 Å². The van der Waals surface area contributed by atoms with Gasteiger partial charge in [-0.05, 0) is 18.2 Å². The maximum atomic E-state index is 11.8. The molecule has 3 heterocycles. The number of carbonyl (C=O) groups is 1. The van der Waals surface area contributed by atoms with E-state index in [0.29, 0.717) is 13.1 Å². The number of likely N-dealkylation sites (tertiary alicyclic amines) is 1. The number of piperidine rings is 1. The monoisotopic (exact) mass is 395 g/mol. The van der Waals surface area contributed by atoms with Crippen molar-refractivity contribution in [3.63, 3.8) is 0 Å². The number of nitrogens with one attached hydrogen (secondary N) is 1. The summed E-state index contributed by atoms with van der Waals surface area (Å²) in [4.78, 5) is 13.7. The van der Waals surface area contributed by atoms with Crippen molar-refractivity contribution in [3.05, 3.63) is 70.8 Å². The van der Waals surface area contributed by atoms with Crippen LogP contribution < -0.4 is 10.2 Å². The number of hydrogen-bond donors (Lipinski definition) is 1. The number of hydrazine groups is 1. The van der Waals surface area contributed by atoms with Gasteiger partial charge in [-0.1, -0.05) is 48.0 Å². The lowest BCUT2D eigenvalue weighted by Crippen LogP contribution is -2.64. The fourth-order valence-corrected chi connectivity index (χ4v) is 4.71. The smallest absolute Gasteiger partial charge is 0.219 e. The van der Waals surface area contributed by atoms with Gasteiger partial charge in [-0.15, -0.1) is 0 Å². The van der Waals surface area contributed by atoms with Gasteiger partial charge in [0.2, 0.25) is 5.91 Å². The van der Waals surface area contributed by atoms with E-state index in [1.807, 2.05) is 47.4 Å². The van der Waals surface area contributed by atoms with Gasteiger partial charge in [0.25, 0.3) is 0 Å². The normalized spacial score (nSPS) is 22.7. The predicted molar refractivity (Wildman–Crippen MR) is 108 cm³/mol. The van der Waals surface area contributed by atoms with Crippen LogP contribution in [0.5, 0.6) is 5.75 Å². The fourth-order valence-electron chi connectivity index (χ4n) is 4.47. The van der Waals surface area contributed by atoms with Gasteiger partial charge in [0.1, 0.15) is 5.75 Å². The first kappa shape index (κ1) is 17.6. The third-order valence-corrected chi connectivity index (χ3v) is 6.30. The van der Waals surface area contributed by atoms with Crippen molar-refractivity contribution in [2.75, 3.05) is 13.1 Å². The number of nitrogens with zero attached hydrogens (tertiary/aromatic N) is 2. The van der Waals surface area contributed by atoms with E-state index in [-0.39, 0.29) is 11.9 Å². The molecule has 2 aromatic rings. The number of rotatable bonds is 1. The van der Waals surface area contributed by atoms with E-state index in [9.17, 15) is 4.79 Å². The largest absolute Gasteiger partial charge is 0.470 e. The van der Waals surface area contributed by atoms with E-state index in [4.69, 9.17) is 16.3 Å². The van der Waals surface area contributed by atoms with Gasteiger partial charge in [-0.25, -0.2) is 0 Å². The maximum absolute atomic E-state index is 11.8. The maximum Gasteiger partial charge on any atom is 0.219 e. The lowest BCUT2D eigenvalue weighted by molar-refractivity contribution is -0.165. The van der Waals surface area contributed by atoms with E-state index in [1.54, 1.807) is 6.92 Å². The zero-order chi connectivity index (χ0) is 19.3. The Bertz CT molecular complexity index is 966. The Labute approximate surface area is 169 Å². The van der Waals surface area contributed by atoms with E-state index >= 15 is 0 Å². The molecule has 5 rings (SSSR count). The molecule has 3 aliphatic heterocycles. The quantitative estimate of drug-likeness (QED) is 0.793. The molecule has 0 aliphatic carbocycles. The van der Waals surface area contributed by atoms with Crippen LogP contribution in [-0.2, 0) is 4.79 Å². The average molecular weight is 396 g/mol. The van der Waals surface area contributed by atoms with Crippen LogP contribution in [0.1, 0.15) is 36.9 Å². The van der Waals surface area contributed by atoms with Gasteiger partial charge >= 0.3 is 0 Å². The molecule has 2 aromatic carbocycles. The van der Waals surface area contributed by atoms with Crippen LogP contribution >= 0.6 is 11.6 Å². The molecular formula is C22H22ClN3O2. The van der Waals surface area contributed by atoms with Crippen LogP contribution in [0.15, 0.2) is 54.6 Å². The summed E-state index contributed by atoms with van der Waals surface area (Å²) in [6.07, 6.45) is 3.71. The summed E-state index contributed by atoms with van der Waals surface area (Å²) in [7, 11) is 0. The SMILES string of the molecule is CC(=O)N1CCC2(CC1)Oc1ccccc1[C@@H]1C=C(c3ccccc3Cl)NN12. The Morgan fingerprint density at radius 3 is 2.61 bits per heavy atom. The number of amides is 1. The molecule has 1 amide bonds. The molecule has 6 heteroatoms. The van der Waals surface area contributed by atoms with Crippen LogP contribution in [0.4, 0.5) is 0 Å². The first-order chi connectivity index (χ1) is 13.6. The fraction of sp³-hybridized carbons (Fsp3) is 0.318. The van der Waals surface area contributed by atoms with Crippen molar-refractivity contribution >= 4 is 23.2 Å². The number of ether oxygens (including phenoxy) is 1. The minimum atomic E-state index is -0.496. The van der Waals surface area contributed by atoms with Gasteiger partial charge in [0.05, 0.1) is 11.7 Å². The highest BCUT2D eigenvalue weighted by atomic mass is 35.5. The summed E-state index contributed by atoms with van der Waals surface area (Å²) in [6.45, 7) is 3.00. The second-order valence-electron chi connectivity index (χ2n) is 7.58. The lowest BCUT2D eigenvalue weighted by atomic mass is 9.93. The molecule has 1 fully saturated rings. The molecule has 3 aliphatic rings. The Balaban J connectivity index is 1.54. The minimum Gasteiger partial charge on any atom is -0.470 e. The van der Waals surface area contributed by atoms with Crippen molar-refractivity contribution in [2.24, 2.45) is 0 Å². The summed E-state index contributed by atoms with van der Waals surface area (Å²) in [5.74, 6) is 1.03. The van der Waals surface area contributed by atoms with Crippen LogP contribution in [-0.4, -0.2) is 34.6 Å². The molecule has 0 bridgehead atoms. The van der Waals surface area contributed by atoms with Gasteiger partial charge in [-0.3, -0.25) is 4.79 Å². The molecule has 0 aromatic heterocycles. The van der Waals surface area contributed by atoms with E-state index in [0.717, 1.165) is 40.4 Å². The van der Waals surface area contributed by atoms with E-state index < -0.39 is 5.72 Å². The molecule has 1 atom stereocenters. The highest BCUT2D eigenvalue weighted by Crippen LogP contribution is 2.48. The lowest BCUT2D eigenvalue weighted by Gasteiger charge is -2.51. The molecule has 28 heavy (non-hydrogen) atoms. The zero-order valence-electron chi connectivity index (χ0n) is 15.7. The van der Waals surface area contributed by atoms with Crippen molar-refractivity contribution < 1.29 is 9.53 Å². The Kier molecular flexibility index (Phi) is 4.11. The van der Waals surface area contributed by atoms with Gasteiger partial charge in [-0.2, -0.15) is 5.01 Å². The highest BCUT2D eigenvalue weighted by molar-refractivity contribution is 6.32. The molecule has 0 radical (unpaired) electrons. The number of hydrogen-bond acceptors (Lipinski definition) is 4. The molecule has 5 nitrogen and oxygen atoms in total. The first-order valence-electron chi connectivity index (χ1n) is 9.64. The molecule has 1 N–H and O–H groups in total. The van der Waals surface area contributed by atoms with Crippen molar-refractivity contribution in [1.82, 2.24) is 15.3 Å². The van der Waals surface area contributed by atoms with Crippen LogP contribution in [0.3, 0.4) is 0 Å². The number of carbonyl (C=O) groups excluding carboxylic acids is 1. The summed E-state index contributed by atoms with van der Waals surface area (Å²) in [5.41, 5.74) is 6.19. The van der Waals surface area contributed by atoms with Gasteiger partial charge < -0.3 is 15.1 Å². The topological polar surface area (TPSA) is 44.8 Å². The summed E-state index contributed by atoms with van der Waals surface area (Å²) in [6, 6.07) is 16.1. The van der Waals surface area contributed by atoms with Crippen molar-refractivity contribution in [2.45, 2.75) is 31.5 Å². The predicted octanol–water partition coefficient (Wildman–Crippen LogP) is 3.97. The number of para-hydroxylation sites is 1. The molecule has 0 saturated carbocycles. The molecule has 1 saturated heterocycles. The summed E-state index contributed by atoms with van der Waals surface area (Å²) >= 11 is 6.46. The van der Waals surface area contributed by atoms with Gasteiger partial charge in [0.15, 0.2) is 5.72 Å². The van der Waals surface area contributed by atoms with Crippen LogP contribution in [0.2, 0.25) is 5.02 Å². The highest BCUT2D eigenvalue weighted by Gasteiger charge is 2.51. The number of fused-ring (bicyclic) bond motifs is 4.